The number of amides is 3. The van der Waals surface area contributed by atoms with E-state index >= 15 is 0 Å². The van der Waals surface area contributed by atoms with Gasteiger partial charge < -0.3 is 5.32 Å². The van der Waals surface area contributed by atoms with E-state index in [0.717, 1.165) is 0 Å². The highest BCUT2D eigenvalue weighted by Crippen LogP contribution is 2.30. The summed E-state index contributed by atoms with van der Waals surface area (Å²) < 4.78 is 0. The van der Waals surface area contributed by atoms with Gasteiger partial charge in [0.15, 0.2) is 0 Å². The van der Waals surface area contributed by atoms with Crippen LogP contribution >= 0.6 is 0 Å². The smallest absolute Gasteiger partial charge is 0.266 e. The van der Waals surface area contributed by atoms with Crippen LogP contribution in [0.3, 0.4) is 0 Å². The zero-order chi connectivity index (χ0) is 16.6. The van der Waals surface area contributed by atoms with Gasteiger partial charge in [-0.25, -0.2) is 4.90 Å². The van der Waals surface area contributed by atoms with Gasteiger partial charge in [-0.1, -0.05) is 12.1 Å². The van der Waals surface area contributed by atoms with Crippen LogP contribution in [0.15, 0.2) is 42.5 Å². The van der Waals surface area contributed by atoms with Gasteiger partial charge in [0, 0.05) is 12.1 Å². The predicted molar refractivity (Wildman–Crippen MR) is 86.8 cm³/mol. The van der Waals surface area contributed by atoms with Gasteiger partial charge in [-0.05, 0) is 49.7 Å². The van der Waals surface area contributed by atoms with Crippen molar-refractivity contribution < 1.29 is 14.4 Å². The molecule has 0 bridgehead atoms. The third-order valence-corrected chi connectivity index (χ3v) is 3.83. The minimum atomic E-state index is -0.334. The molecule has 23 heavy (non-hydrogen) atoms. The Bertz CT molecular complexity index is 792. The standard InChI is InChI=1S/C18H16N2O3/c1-3-19-16(21)12-8-9-15(11(2)10-12)20-17(22)13-6-4-5-7-14(13)18(20)23/h4-10H,3H2,1-2H3,(H,19,21). The van der Waals surface area contributed by atoms with E-state index in [1.807, 2.05) is 6.92 Å². The third-order valence-electron chi connectivity index (χ3n) is 3.83. The van der Waals surface area contributed by atoms with Crippen molar-refractivity contribution >= 4 is 23.4 Å². The number of rotatable bonds is 3. The number of carbonyl (C=O) groups is 3. The molecule has 2 aromatic rings. The SMILES string of the molecule is CCNC(=O)c1ccc(N2C(=O)c3ccccc3C2=O)c(C)c1. The average molecular weight is 308 g/mol. The van der Waals surface area contributed by atoms with E-state index in [9.17, 15) is 14.4 Å². The Morgan fingerprint density at radius 3 is 2.17 bits per heavy atom. The van der Waals surface area contributed by atoms with E-state index in [0.29, 0.717) is 34.5 Å². The predicted octanol–water partition coefficient (Wildman–Crippen LogP) is 2.55. The van der Waals surface area contributed by atoms with Gasteiger partial charge in [0.25, 0.3) is 17.7 Å². The molecule has 0 aliphatic carbocycles. The van der Waals surface area contributed by atoms with Crippen molar-refractivity contribution in [2.75, 3.05) is 11.4 Å². The molecule has 2 aromatic carbocycles. The maximum Gasteiger partial charge on any atom is 0.266 e. The molecular formula is C18H16N2O3. The van der Waals surface area contributed by atoms with E-state index in [4.69, 9.17) is 0 Å². The van der Waals surface area contributed by atoms with Crippen LogP contribution in [0.4, 0.5) is 5.69 Å². The fourth-order valence-electron chi connectivity index (χ4n) is 2.72. The van der Waals surface area contributed by atoms with Gasteiger partial charge >= 0.3 is 0 Å². The third kappa shape index (κ3) is 2.40. The summed E-state index contributed by atoms with van der Waals surface area (Å²) in [6.07, 6.45) is 0. The second-order valence-electron chi connectivity index (χ2n) is 5.35. The number of nitrogens with zero attached hydrogens (tertiary/aromatic N) is 1. The molecule has 0 spiro atoms. The molecule has 5 heteroatoms. The Morgan fingerprint density at radius 2 is 1.65 bits per heavy atom. The van der Waals surface area contributed by atoms with E-state index in [1.165, 1.54) is 4.90 Å². The average Bonchev–Trinajstić information content (AvgIpc) is 2.80. The number of imide groups is 1. The van der Waals surface area contributed by atoms with Crippen molar-refractivity contribution in [3.05, 3.63) is 64.7 Å². The first-order chi connectivity index (χ1) is 11.0. The number of hydrogen-bond donors (Lipinski definition) is 1. The van der Waals surface area contributed by atoms with Crippen molar-refractivity contribution in [2.24, 2.45) is 0 Å². The van der Waals surface area contributed by atoms with E-state index in [1.54, 1.807) is 49.4 Å². The zero-order valence-corrected chi connectivity index (χ0v) is 12.9. The number of nitrogens with one attached hydrogen (secondary N) is 1. The van der Waals surface area contributed by atoms with Gasteiger partial charge in [-0.3, -0.25) is 14.4 Å². The van der Waals surface area contributed by atoms with Crippen LogP contribution < -0.4 is 10.2 Å². The van der Waals surface area contributed by atoms with Gasteiger partial charge in [-0.15, -0.1) is 0 Å². The van der Waals surface area contributed by atoms with E-state index < -0.39 is 0 Å². The number of anilines is 1. The van der Waals surface area contributed by atoms with Gasteiger partial charge in [0.05, 0.1) is 16.8 Å². The number of fused-ring (bicyclic) bond motifs is 1. The topological polar surface area (TPSA) is 66.5 Å². The first kappa shape index (κ1) is 15.0. The lowest BCUT2D eigenvalue weighted by Crippen LogP contribution is -2.30. The largest absolute Gasteiger partial charge is 0.352 e. The van der Waals surface area contributed by atoms with Crippen molar-refractivity contribution in [1.82, 2.24) is 5.32 Å². The molecule has 0 fully saturated rings. The molecule has 3 rings (SSSR count). The summed E-state index contributed by atoms with van der Waals surface area (Å²) >= 11 is 0. The van der Waals surface area contributed by atoms with Crippen LogP contribution in [0.5, 0.6) is 0 Å². The van der Waals surface area contributed by atoms with Crippen LogP contribution in [-0.4, -0.2) is 24.3 Å². The van der Waals surface area contributed by atoms with Crippen molar-refractivity contribution in [1.29, 1.82) is 0 Å². The fraction of sp³-hybridized carbons (Fsp3) is 0.167. The monoisotopic (exact) mass is 308 g/mol. The lowest BCUT2D eigenvalue weighted by Gasteiger charge is -2.17. The highest BCUT2D eigenvalue weighted by molar-refractivity contribution is 6.34. The number of aryl methyl sites for hydroxylation is 1. The lowest BCUT2D eigenvalue weighted by atomic mass is 10.1. The normalized spacial score (nSPS) is 13.2. The minimum Gasteiger partial charge on any atom is -0.352 e. The summed E-state index contributed by atoms with van der Waals surface area (Å²) in [5.74, 6) is -0.844. The molecule has 116 valence electrons. The molecule has 5 nitrogen and oxygen atoms in total. The highest BCUT2D eigenvalue weighted by atomic mass is 16.2. The summed E-state index contributed by atoms with van der Waals surface area (Å²) in [6, 6.07) is 11.7. The van der Waals surface area contributed by atoms with Crippen molar-refractivity contribution in [3.63, 3.8) is 0 Å². The highest BCUT2D eigenvalue weighted by Gasteiger charge is 2.36. The van der Waals surface area contributed by atoms with E-state index in [2.05, 4.69) is 5.32 Å². The van der Waals surface area contributed by atoms with Crippen LogP contribution in [0.2, 0.25) is 0 Å². The van der Waals surface area contributed by atoms with Crippen LogP contribution in [0.1, 0.15) is 43.6 Å². The van der Waals surface area contributed by atoms with Gasteiger partial charge in [0.1, 0.15) is 0 Å². The van der Waals surface area contributed by atoms with Gasteiger partial charge in [0.2, 0.25) is 0 Å². The summed E-state index contributed by atoms with van der Waals surface area (Å²) in [5.41, 5.74) is 2.52. The maximum atomic E-state index is 12.5. The van der Waals surface area contributed by atoms with Gasteiger partial charge in [-0.2, -0.15) is 0 Å². The first-order valence-electron chi connectivity index (χ1n) is 7.41. The Kier molecular flexibility index (Phi) is 3.70. The Balaban J connectivity index is 1.99. The molecule has 3 amide bonds. The molecule has 1 heterocycles. The maximum absolute atomic E-state index is 12.5. The van der Waals surface area contributed by atoms with Crippen LogP contribution in [0.25, 0.3) is 0 Å². The summed E-state index contributed by atoms with van der Waals surface area (Å²) in [4.78, 5) is 38.1. The molecule has 0 atom stereocenters. The van der Waals surface area contributed by atoms with Crippen molar-refractivity contribution in [3.8, 4) is 0 Å². The molecule has 1 aliphatic rings. The Labute approximate surface area is 133 Å². The first-order valence-corrected chi connectivity index (χ1v) is 7.41. The van der Waals surface area contributed by atoms with Crippen molar-refractivity contribution in [2.45, 2.75) is 13.8 Å². The molecule has 0 unspecified atom stereocenters. The van der Waals surface area contributed by atoms with Crippen LogP contribution in [0, 0.1) is 6.92 Å². The summed E-state index contributed by atoms with van der Waals surface area (Å²) in [7, 11) is 0. The molecular weight excluding hydrogens is 292 g/mol. The Hall–Kier alpha value is -2.95. The number of carbonyl (C=O) groups excluding carboxylic acids is 3. The molecule has 0 aromatic heterocycles. The molecule has 0 saturated heterocycles. The minimum absolute atomic E-state index is 0.176. The number of benzene rings is 2. The quantitative estimate of drug-likeness (QED) is 0.886. The summed E-state index contributed by atoms with van der Waals surface area (Å²) in [6.45, 7) is 4.16. The lowest BCUT2D eigenvalue weighted by molar-refractivity contribution is 0.0923. The molecule has 1 N–H and O–H groups in total. The molecule has 0 radical (unpaired) electrons. The fourth-order valence-corrected chi connectivity index (χ4v) is 2.72. The van der Waals surface area contributed by atoms with Crippen LogP contribution in [-0.2, 0) is 0 Å². The second-order valence-corrected chi connectivity index (χ2v) is 5.35. The summed E-state index contributed by atoms with van der Waals surface area (Å²) in [5, 5.41) is 2.72. The number of hydrogen-bond acceptors (Lipinski definition) is 3. The molecule has 0 saturated carbocycles. The van der Waals surface area contributed by atoms with E-state index in [-0.39, 0.29) is 17.7 Å². The second kappa shape index (κ2) is 5.68. The zero-order valence-electron chi connectivity index (χ0n) is 12.9. The Morgan fingerprint density at radius 1 is 1.04 bits per heavy atom. The molecule has 1 aliphatic heterocycles.